The van der Waals surface area contributed by atoms with Gasteiger partial charge in [0.15, 0.2) is 11.5 Å². The van der Waals surface area contributed by atoms with Crippen molar-refractivity contribution in [3.05, 3.63) is 76.2 Å². The third-order valence-corrected chi connectivity index (χ3v) is 4.81. The Morgan fingerprint density at radius 2 is 1.71 bits per heavy atom. The Hall–Kier alpha value is -3.81. The number of carbonyl (C=O) groups excluding carboxylic acids is 2. The van der Waals surface area contributed by atoms with Crippen molar-refractivity contribution in [2.45, 2.75) is 27.0 Å². The highest BCUT2D eigenvalue weighted by molar-refractivity contribution is 5.95. The number of aromatic nitrogens is 1. The minimum Gasteiger partial charge on any atom is -0.493 e. The minimum atomic E-state index is -0.403. The predicted octanol–water partition coefficient (Wildman–Crippen LogP) is 3.60. The van der Waals surface area contributed by atoms with Gasteiger partial charge in [0.2, 0.25) is 0 Å². The van der Waals surface area contributed by atoms with Crippen LogP contribution in [0.5, 0.6) is 11.5 Å². The Kier molecular flexibility index (Phi) is 6.92. The third kappa shape index (κ3) is 5.22. The van der Waals surface area contributed by atoms with Crippen LogP contribution in [0.1, 0.15) is 43.3 Å². The molecular formula is C23H24N2O6. The molecule has 0 saturated carbocycles. The lowest BCUT2D eigenvalue weighted by Crippen LogP contribution is -2.22. The second-order valence-corrected chi connectivity index (χ2v) is 6.83. The van der Waals surface area contributed by atoms with Crippen LogP contribution in [-0.4, -0.2) is 31.3 Å². The maximum Gasteiger partial charge on any atom is 0.337 e. The van der Waals surface area contributed by atoms with E-state index in [0.717, 1.165) is 16.8 Å². The van der Waals surface area contributed by atoms with Crippen molar-refractivity contribution in [2.75, 3.05) is 14.2 Å². The van der Waals surface area contributed by atoms with Gasteiger partial charge in [0.1, 0.15) is 12.4 Å². The summed E-state index contributed by atoms with van der Waals surface area (Å²) in [6, 6.07) is 11.8. The molecule has 0 radical (unpaired) electrons. The van der Waals surface area contributed by atoms with Gasteiger partial charge in [-0.2, -0.15) is 0 Å². The zero-order valence-corrected chi connectivity index (χ0v) is 17.9. The molecule has 8 heteroatoms. The molecule has 0 aliphatic rings. The molecule has 31 heavy (non-hydrogen) atoms. The van der Waals surface area contributed by atoms with Gasteiger partial charge in [-0.3, -0.25) is 4.79 Å². The van der Waals surface area contributed by atoms with Crippen molar-refractivity contribution >= 4 is 11.9 Å². The lowest BCUT2D eigenvalue weighted by Gasteiger charge is -2.12. The summed E-state index contributed by atoms with van der Waals surface area (Å²) in [5.74, 6) is 0.998. The highest BCUT2D eigenvalue weighted by atomic mass is 16.5. The van der Waals surface area contributed by atoms with Gasteiger partial charge >= 0.3 is 5.97 Å². The van der Waals surface area contributed by atoms with Crippen LogP contribution in [0.4, 0.5) is 0 Å². The van der Waals surface area contributed by atoms with Gasteiger partial charge in [0.05, 0.1) is 31.0 Å². The maximum atomic E-state index is 12.6. The van der Waals surface area contributed by atoms with Crippen molar-refractivity contribution in [2.24, 2.45) is 0 Å². The molecule has 162 valence electrons. The Balaban J connectivity index is 1.63. The predicted molar refractivity (Wildman–Crippen MR) is 112 cm³/mol. The van der Waals surface area contributed by atoms with Crippen LogP contribution in [-0.2, 0) is 17.9 Å². The van der Waals surface area contributed by atoms with Crippen molar-refractivity contribution in [3.63, 3.8) is 0 Å². The second-order valence-electron chi connectivity index (χ2n) is 6.83. The minimum absolute atomic E-state index is 0.257. The Morgan fingerprint density at radius 3 is 2.32 bits per heavy atom. The SMILES string of the molecule is COC(=O)c1ccc(CNC(=O)c2ccc(OCc3c(C)noc3C)c(OC)c2)cc1. The van der Waals surface area contributed by atoms with Gasteiger partial charge in [-0.25, -0.2) is 4.79 Å². The molecule has 0 atom stereocenters. The summed E-state index contributed by atoms with van der Waals surface area (Å²) in [7, 11) is 2.85. The lowest BCUT2D eigenvalue weighted by atomic mass is 10.1. The summed E-state index contributed by atoms with van der Waals surface area (Å²) in [6.45, 7) is 4.27. The molecule has 0 spiro atoms. The molecule has 8 nitrogen and oxygen atoms in total. The molecule has 3 aromatic rings. The zero-order valence-electron chi connectivity index (χ0n) is 17.9. The van der Waals surface area contributed by atoms with Gasteiger partial charge in [0.25, 0.3) is 5.91 Å². The van der Waals surface area contributed by atoms with E-state index in [0.29, 0.717) is 34.9 Å². The van der Waals surface area contributed by atoms with E-state index in [-0.39, 0.29) is 12.5 Å². The molecule has 0 aliphatic heterocycles. The number of nitrogens with one attached hydrogen (secondary N) is 1. The van der Waals surface area contributed by atoms with Crippen molar-refractivity contribution in [1.29, 1.82) is 0 Å². The number of benzene rings is 2. The number of nitrogens with zero attached hydrogens (tertiary/aromatic N) is 1. The highest BCUT2D eigenvalue weighted by Crippen LogP contribution is 2.29. The molecule has 1 N–H and O–H groups in total. The molecular weight excluding hydrogens is 400 g/mol. The van der Waals surface area contributed by atoms with Crippen molar-refractivity contribution in [1.82, 2.24) is 10.5 Å². The summed E-state index contributed by atoms with van der Waals surface area (Å²) in [4.78, 5) is 24.0. The number of esters is 1. The standard InChI is InChI=1S/C23H24N2O6/c1-14-19(15(2)31-25-14)13-30-20-10-9-18(11-21(20)28-3)22(26)24-12-16-5-7-17(8-6-16)23(27)29-4/h5-11H,12-13H2,1-4H3,(H,24,26). The Morgan fingerprint density at radius 1 is 1.00 bits per heavy atom. The van der Waals surface area contributed by atoms with E-state index >= 15 is 0 Å². The smallest absolute Gasteiger partial charge is 0.337 e. The quantitative estimate of drug-likeness (QED) is 0.552. The van der Waals surface area contributed by atoms with Gasteiger partial charge < -0.3 is 24.1 Å². The van der Waals surface area contributed by atoms with Gasteiger partial charge in [-0.15, -0.1) is 0 Å². The monoisotopic (exact) mass is 424 g/mol. The van der Waals surface area contributed by atoms with Crippen LogP contribution in [0.3, 0.4) is 0 Å². The number of hydrogen-bond acceptors (Lipinski definition) is 7. The molecule has 0 saturated heterocycles. The largest absolute Gasteiger partial charge is 0.493 e. The van der Waals surface area contributed by atoms with E-state index in [2.05, 4.69) is 15.2 Å². The number of ether oxygens (including phenoxy) is 3. The Labute approximate surface area is 180 Å². The van der Waals surface area contributed by atoms with Crippen LogP contribution >= 0.6 is 0 Å². The van der Waals surface area contributed by atoms with E-state index in [9.17, 15) is 9.59 Å². The molecule has 0 unspecified atom stereocenters. The highest BCUT2D eigenvalue weighted by Gasteiger charge is 2.14. The number of aryl methyl sites for hydroxylation is 2. The first-order chi connectivity index (χ1) is 14.9. The molecule has 0 bridgehead atoms. The first kappa shape index (κ1) is 21.9. The van der Waals surface area contributed by atoms with E-state index in [4.69, 9.17) is 14.0 Å². The molecule has 0 aliphatic carbocycles. The summed E-state index contributed by atoms with van der Waals surface area (Å²) < 4.78 is 21.0. The number of hydrogen-bond donors (Lipinski definition) is 1. The summed E-state index contributed by atoms with van der Waals surface area (Å²) in [6.07, 6.45) is 0. The number of carbonyl (C=O) groups is 2. The fraction of sp³-hybridized carbons (Fsp3) is 0.261. The first-order valence-electron chi connectivity index (χ1n) is 9.61. The second kappa shape index (κ2) is 9.80. The van der Waals surface area contributed by atoms with Gasteiger partial charge in [0, 0.05) is 12.1 Å². The number of methoxy groups -OCH3 is 2. The van der Waals surface area contributed by atoms with Crippen molar-refractivity contribution in [3.8, 4) is 11.5 Å². The fourth-order valence-corrected chi connectivity index (χ4v) is 2.95. The van der Waals surface area contributed by atoms with Crippen molar-refractivity contribution < 1.29 is 28.3 Å². The summed E-state index contributed by atoms with van der Waals surface area (Å²) in [5, 5.41) is 6.76. The van der Waals surface area contributed by atoms with Crippen LogP contribution in [0.25, 0.3) is 0 Å². The van der Waals surface area contributed by atoms with Crippen LogP contribution < -0.4 is 14.8 Å². The van der Waals surface area contributed by atoms with E-state index < -0.39 is 5.97 Å². The van der Waals surface area contributed by atoms with E-state index in [1.165, 1.54) is 14.2 Å². The Bertz CT molecular complexity index is 1050. The molecule has 1 amide bonds. The third-order valence-electron chi connectivity index (χ3n) is 4.81. The van der Waals surface area contributed by atoms with Gasteiger partial charge in [-0.05, 0) is 49.7 Å². The van der Waals surface area contributed by atoms with E-state index in [1.807, 2.05) is 13.8 Å². The first-order valence-corrected chi connectivity index (χ1v) is 9.61. The van der Waals surface area contributed by atoms with E-state index in [1.54, 1.807) is 42.5 Å². The summed E-state index contributed by atoms with van der Waals surface area (Å²) >= 11 is 0. The number of amides is 1. The molecule has 2 aromatic carbocycles. The zero-order chi connectivity index (χ0) is 22.4. The molecule has 1 aromatic heterocycles. The maximum absolute atomic E-state index is 12.6. The lowest BCUT2D eigenvalue weighted by molar-refractivity contribution is 0.0600. The molecule has 3 rings (SSSR count). The average Bonchev–Trinajstić information content (AvgIpc) is 3.12. The van der Waals surface area contributed by atoms with Crippen LogP contribution in [0.15, 0.2) is 47.0 Å². The fourth-order valence-electron chi connectivity index (χ4n) is 2.95. The topological polar surface area (TPSA) is 99.9 Å². The number of rotatable bonds is 8. The normalized spacial score (nSPS) is 10.5. The molecule has 1 heterocycles. The summed E-state index contributed by atoms with van der Waals surface area (Å²) in [5.41, 5.74) is 3.39. The molecule has 0 fully saturated rings. The average molecular weight is 424 g/mol. The van der Waals surface area contributed by atoms with Crippen LogP contribution in [0, 0.1) is 13.8 Å². The van der Waals surface area contributed by atoms with Gasteiger partial charge in [-0.1, -0.05) is 17.3 Å². The van der Waals surface area contributed by atoms with Crippen LogP contribution in [0.2, 0.25) is 0 Å².